The van der Waals surface area contributed by atoms with Gasteiger partial charge in [0.05, 0.1) is 11.7 Å². The molecule has 0 spiro atoms. The molecule has 8 nitrogen and oxygen atoms in total. The van der Waals surface area contributed by atoms with E-state index in [1.165, 1.54) is 16.9 Å². The summed E-state index contributed by atoms with van der Waals surface area (Å²) < 4.78 is 1.58. The largest absolute Gasteiger partial charge is 0.339 e. The van der Waals surface area contributed by atoms with Crippen LogP contribution in [0.4, 0.5) is 4.79 Å². The third kappa shape index (κ3) is 4.01. The Bertz CT molecular complexity index is 974. The summed E-state index contributed by atoms with van der Waals surface area (Å²) in [6, 6.07) is -0.0791. The molecule has 0 saturated carbocycles. The first-order chi connectivity index (χ1) is 14.1. The highest BCUT2D eigenvalue weighted by Crippen LogP contribution is 2.33. The summed E-state index contributed by atoms with van der Waals surface area (Å²) in [5, 5.41) is 3.54. The highest BCUT2D eigenvalue weighted by Gasteiger charge is 2.24. The van der Waals surface area contributed by atoms with E-state index in [9.17, 15) is 14.4 Å². The molecular formula is C20H27N5O3S. The maximum absolute atomic E-state index is 13.0. The van der Waals surface area contributed by atoms with Crippen molar-refractivity contribution in [3.8, 4) is 0 Å². The molecule has 0 atom stereocenters. The number of aromatic nitrogens is 2. The van der Waals surface area contributed by atoms with Crippen molar-refractivity contribution in [1.29, 1.82) is 0 Å². The predicted molar refractivity (Wildman–Crippen MR) is 112 cm³/mol. The Hall–Kier alpha value is -2.42. The van der Waals surface area contributed by atoms with Crippen LogP contribution in [0.1, 0.15) is 36.6 Å². The summed E-state index contributed by atoms with van der Waals surface area (Å²) in [7, 11) is 0. The third-order valence-corrected chi connectivity index (χ3v) is 6.96. The third-order valence-electron chi connectivity index (χ3n) is 5.76. The van der Waals surface area contributed by atoms with Crippen LogP contribution in [0.3, 0.4) is 0 Å². The zero-order valence-corrected chi connectivity index (χ0v) is 17.6. The number of thiophene rings is 1. The molecule has 1 fully saturated rings. The molecule has 0 unspecified atom stereocenters. The number of carbonyl (C=O) groups is 2. The summed E-state index contributed by atoms with van der Waals surface area (Å²) in [5.74, 6) is 0.0138. The molecule has 4 rings (SSSR count). The van der Waals surface area contributed by atoms with Gasteiger partial charge in [0.25, 0.3) is 5.56 Å². The molecule has 2 aromatic heterocycles. The van der Waals surface area contributed by atoms with Gasteiger partial charge in [-0.2, -0.15) is 0 Å². The molecule has 29 heavy (non-hydrogen) atoms. The number of amides is 3. The van der Waals surface area contributed by atoms with E-state index in [2.05, 4.69) is 10.3 Å². The predicted octanol–water partition coefficient (Wildman–Crippen LogP) is 1.60. The van der Waals surface area contributed by atoms with Gasteiger partial charge in [0.2, 0.25) is 5.91 Å². The molecule has 2 aromatic rings. The van der Waals surface area contributed by atoms with Gasteiger partial charge in [-0.3, -0.25) is 14.2 Å². The first-order valence-corrected chi connectivity index (χ1v) is 11.2. The molecule has 3 amide bonds. The quantitative estimate of drug-likeness (QED) is 0.819. The van der Waals surface area contributed by atoms with Crippen LogP contribution in [0, 0.1) is 0 Å². The van der Waals surface area contributed by atoms with Gasteiger partial charge in [-0.05, 0) is 38.2 Å². The first-order valence-electron chi connectivity index (χ1n) is 10.4. The van der Waals surface area contributed by atoms with Crippen molar-refractivity contribution in [2.24, 2.45) is 0 Å². The van der Waals surface area contributed by atoms with E-state index in [1.54, 1.807) is 32.0 Å². The maximum Gasteiger partial charge on any atom is 0.317 e. The number of hydrogen-bond acceptors (Lipinski definition) is 5. The average molecular weight is 418 g/mol. The summed E-state index contributed by atoms with van der Waals surface area (Å²) in [5.41, 5.74) is 1.15. The lowest BCUT2D eigenvalue weighted by Crippen LogP contribution is -2.53. The van der Waals surface area contributed by atoms with E-state index < -0.39 is 0 Å². The van der Waals surface area contributed by atoms with Crippen LogP contribution >= 0.6 is 11.3 Å². The van der Waals surface area contributed by atoms with Crippen LogP contribution in [0.25, 0.3) is 10.2 Å². The Morgan fingerprint density at radius 2 is 1.86 bits per heavy atom. The smallest absolute Gasteiger partial charge is 0.317 e. The number of hydrogen-bond donors (Lipinski definition) is 1. The molecule has 0 bridgehead atoms. The fraction of sp³-hybridized carbons (Fsp3) is 0.600. The van der Waals surface area contributed by atoms with Gasteiger partial charge in [-0.25, -0.2) is 9.78 Å². The lowest BCUT2D eigenvalue weighted by molar-refractivity contribution is -0.132. The number of nitrogens with zero attached hydrogens (tertiary/aromatic N) is 4. The lowest BCUT2D eigenvalue weighted by Gasteiger charge is -2.34. The number of aryl methyl sites for hydroxylation is 3. The van der Waals surface area contributed by atoms with Crippen molar-refractivity contribution >= 4 is 33.5 Å². The molecule has 3 heterocycles. The van der Waals surface area contributed by atoms with Crippen molar-refractivity contribution in [2.75, 3.05) is 32.7 Å². The molecular weight excluding hydrogens is 390 g/mol. The molecule has 0 radical (unpaired) electrons. The fourth-order valence-corrected chi connectivity index (χ4v) is 5.36. The lowest BCUT2D eigenvalue weighted by atomic mass is 9.97. The highest BCUT2D eigenvalue weighted by atomic mass is 32.1. The van der Waals surface area contributed by atoms with Crippen molar-refractivity contribution in [3.05, 3.63) is 27.1 Å². The number of piperazine rings is 1. The monoisotopic (exact) mass is 417 g/mol. The molecule has 1 aliphatic heterocycles. The molecule has 156 valence electrons. The zero-order valence-electron chi connectivity index (χ0n) is 16.8. The first kappa shape index (κ1) is 19.9. The second-order valence-corrected chi connectivity index (χ2v) is 8.67. The van der Waals surface area contributed by atoms with Crippen molar-refractivity contribution in [2.45, 2.75) is 45.6 Å². The van der Waals surface area contributed by atoms with Gasteiger partial charge in [-0.15, -0.1) is 11.3 Å². The van der Waals surface area contributed by atoms with Crippen LogP contribution in [0.5, 0.6) is 0 Å². The topological polar surface area (TPSA) is 87.5 Å². The van der Waals surface area contributed by atoms with Crippen molar-refractivity contribution < 1.29 is 9.59 Å². The van der Waals surface area contributed by atoms with Crippen LogP contribution in [0.2, 0.25) is 0 Å². The number of urea groups is 1. The van der Waals surface area contributed by atoms with E-state index in [-0.39, 0.29) is 23.9 Å². The number of carbonyl (C=O) groups excluding carboxylic acids is 2. The Kier molecular flexibility index (Phi) is 5.84. The van der Waals surface area contributed by atoms with Crippen molar-refractivity contribution in [1.82, 2.24) is 24.7 Å². The molecule has 2 aliphatic rings. The fourth-order valence-electron chi connectivity index (χ4n) is 4.14. The van der Waals surface area contributed by atoms with Gasteiger partial charge < -0.3 is 15.1 Å². The van der Waals surface area contributed by atoms with Crippen molar-refractivity contribution in [3.63, 3.8) is 0 Å². The second-order valence-electron chi connectivity index (χ2n) is 7.59. The molecule has 1 aliphatic carbocycles. The zero-order chi connectivity index (χ0) is 20.4. The summed E-state index contributed by atoms with van der Waals surface area (Å²) in [4.78, 5) is 47.6. The van der Waals surface area contributed by atoms with E-state index in [0.29, 0.717) is 39.3 Å². The van der Waals surface area contributed by atoms with E-state index >= 15 is 0 Å². The molecule has 0 aromatic carbocycles. The number of nitrogens with one attached hydrogen (secondary N) is 1. The Morgan fingerprint density at radius 3 is 2.62 bits per heavy atom. The van der Waals surface area contributed by atoms with E-state index in [4.69, 9.17) is 0 Å². The average Bonchev–Trinajstić information content (AvgIpc) is 3.12. The summed E-state index contributed by atoms with van der Waals surface area (Å²) in [6.07, 6.45) is 6.12. The molecule has 1 N–H and O–H groups in total. The van der Waals surface area contributed by atoms with Crippen LogP contribution in [-0.4, -0.2) is 64.0 Å². The summed E-state index contributed by atoms with van der Waals surface area (Å²) in [6.45, 7) is 4.94. The minimum atomic E-state index is -0.0791. The highest BCUT2D eigenvalue weighted by molar-refractivity contribution is 7.18. The van der Waals surface area contributed by atoms with Crippen LogP contribution in [-0.2, 0) is 24.2 Å². The second kappa shape index (κ2) is 8.52. The molecule has 9 heteroatoms. The summed E-state index contributed by atoms with van der Waals surface area (Å²) >= 11 is 1.64. The normalized spacial score (nSPS) is 16.7. The van der Waals surface area contributed by atoms with Gasteiger partial charge in [0.1, 0.15) is 4.83 Å². The van der Waals surface area contributed by atoms with Gasteiger partial charge >= 0.3 is 6.03 Å². The number of fused-ring (bicyclic) bond motifs is 3. The minimum absolute atomic E-state index is 0.0138. The van der Waals surface area contributed by atoms with Gasteiger partial charge in [0.15, 0.2) is 0 Å². The Balaban J connectivity index is 1.39. The molecule has 1 saturated heterocycles. The Morgan fingerprint density at radius 1 is 1.14 bits per heavy atom. The number of rotatable bonds is 4. The SMILES string of the molecule is CCNC(=O)N1CCN(C(=O)CCn2cnc3sc4c(c3c2=O)CCCC4)CC1. The van der Waals surface area contributed by atoms with Gasteiger partial charge in [-0.1, -0.05) is 0 Å². The minimum Gasteiger partial charge on any atom is -0.339 e. The van der Waals surface area contributed by atoms with E-state index in [0.717, 1.165) is 29.5 Å². The van der Waals surface area contributed by atoms with Crippen LogP contribution < -0.4 is 10.9 Å². The standard InChI is InChI=1S/C20H27N5O3S/c1-2-21-20(28)24-11-9-23(10-12-24)16(26)7-8-25-13-22-18-17(19(25)27)14-5-3-4-6-15(14)29-18/h13H,2-12H2,1H3,(H,21,28). The van der Waals surface area contributed by atoms with Crippen LogP contribution in [0.15, 0.2) is 11.1 Å². The van der Waals surface area contributed by atoms with Gasteiger partial charge in [0, 0.05) is 50.6 Å². The Labute approximate surface area is 173 Å². The van der Waals surface area contributed by atoms with E-state index in [1.807, 2.05) is 6.92 Å². The maximum atomic E-state index is 13.0.